The Balaban J connectivity index is 2.38. The van der Waals surface area contributed by atoms with Gasteiger partial charge in [-0.05, 0) is 49.3 Å². The molecule has 0 saturated heterocycles. The van der Waals surface area contributed by atoms with Crippen LogP contribution >= 0.6 is 0 Å². The molecule has 0 aromatic heterocycles. The Hall–Kier alpha value is -0.980. The molecule has 0 atom stereocenters. The molecule has 1 aromatic carbocycles. The molecule has 0 amide bonds. The van der Waals surface area contributed by atoms with Gasteiger partial charge in [0.05, 0.1) is 6.61 Å². The fraction of sp³-hybridized carbons (Fsp3) is 0.625. The predicted octanol–water partition coefficient (Wildman–Crippen LogP) is 4.90. The summed E-state index contributed by atoms with van der Waals surface area (Å²) < 4.78 is 5.86. The minimum Gasteiger partial charge on any atom is -0.493 e. The Bertz CT molecular complexity index is 353. The van der Waals surface area contributed by atoms with E-state index in [0.29, 0.717) is 5.41 Å². The molecule has 0 N–H and O–H groups in total. The van der Waals surface area contributed by atoms with Crippen LogP contribution in [0.3, 0.4) is 0 Å². The van der Waals surface area contributed by atoms with Crippen LogP contribution < -0.4 is 4.74 Å². The highest BCUT2D eigenvalue weighted by Gasteiger charge is 2.14. The topological polar surface area (TPSA) is 9.23 Å². The van der Waals surface area contributed by atoms with Crippen molar-refractivity contribution in [1.29, 1.82) is 0 Å². The number of hydrogen-bond acceptors (Lipinski definition) is 1. The SMILES string of the molecule is CCC(C)(C)CCCOc1cc(C)ccc1C. The second-order valence-corrected chi connectivity index (χ2v) is 5.74. The van der Waals surface area contributed by atoms with Gasteiger partial charge in [0.2, 0.25) is 0 Å². The van der Waals surface area contributed by atoms with E-state index in [1.54, 1.807) is 0 Å². The van der Waals surface area contributed by atoms with Gasteiger partial charge in [0.1, 0.15) is 5.75 Å². The molecule has 0 heterocycles. The summed E-state index contributed by atoms with van der Waals surface area (Å²) in [5, 5.41) is 0. The highest BCUT2D eigenvalue weighted by atomic mass is 16.5. The summed E-state index contributed by atoms with van der Waals surface area (Å²) >= 11 is 0. The Morgan fingerprint density at radius 3 is 2.53 bits per heavy atom. The maximum atomic E-state index is 5.86. The Morgan fingerprint density at radius 2 is 1.88 bits per heavy atom. The van der Waals surface area contributed by atoms with Crippen molar-refractivity contribution in [3.8, 4) is 5.75 Å². The molecule has 1 aromatic rings. The summed E-state index contributed by atoms with van der Waals surface area (Å²) in [6.45, 7) is 11.9. The molecular formula is C16H26O. The van der Waals surface area contributed by atoms with Crippen LogP contribution in [0.15, 0.2) is 18.2 Å². The number of ether oxygens (including phenoxy) is 1. The molecular weight excluding hydrogens is 208 g/mol. The van der Waals surface area contributed by atoms with Gasteiger partial charge >= 0.3 is 0 Å². The maximum absolute atomic E-state index is 5.86. The third kappa shape index (κ3) is 4.80. The van der Waals surface area contributed by atoms with E-state index in [-0.39, 0.29) is 0 Å². The number of benzene rings is 1. The van der Waals surface area contributed by atoms with Gasteiger partial charge in [0.25, 0.3) is 0 Å². The van der Waals surface area contributed by atoms with Crippen molar-refractivity contribution in [1.82, 2.24) is 0 Å². The lowest BCUT2D eigenvalue weighted by Crippen LogP contribution is -2.11. The lowest BCUT2D eigenvalue weighted by atomic mass is 9.85. The van der Waals surface area contributed by atoms with Crippen molar-refractivity contribution in [2.45, 2.75) is 53.9 Å². The van der Waals surface area contributed by atoms with E-state index in [9.17, 15) is 0 Å². The minimum atomic E-state index is 0.449. The van der Waals surface area contributed by atoms with Crippen molar-refractivity contribution in [2.75, 3.05) is 6.61 Å². The number of rotatable bonds is 6. The van der Waals surface area contributed by atoms with Crippen LogP contribution in [-0.2, 0) is 0 Å². The van der Waals surface area contributed by atoms with Gasteiger partial charge in [-0.15, -0.1) is 0 Å². The highest BCUT2D eigenvalue weighted by Crippen LogP contribution is 2.26. The molecule has 0 aliphatic rings. The third-order valence-corrected chi connectivity index (χ3v) is 3.56. The zero-order valence-corrected chi connectivity index (χ0v) is 12.0. The average Bonchev–Trinajstić information content (AvgIpc) is 2.29. The van der Waals surface area contributed by atoms with Crippen LogP contribution in [-0.4, -0.2) is 6.61 Å². The Morgan fingerprint density at radius 1 is 1.18 bits per heavy atom. The van der Waals surface area contributed by atoms with Gasteiger partial charge in [-0.3, -0.25) is 0 Å². The molecule has 96 valence electrons. The zero-order chi connectivity index (χ0) is 12.9. The minimum absolute atomic E-state index is 0.449. The predicted molar refractivity (Wildman–Crippen MR) is 74.7 cm³/mol. The molecule has 0 saturated carbocycles. The monoisotopic (exact) mass is 234 g/mol. The van der Waals surface area contributed by atoms with Crippen LogP contribution in [0.1, 0.15) is 51.2 Å². The summed E-state index contributed by atoms with van der Waals surface area (Å²) in [6.07, 6.45) is 3.60. The molecule has 0 fully saturated rings. The largest absolute Gasteiger partial charge is 0.493 e. The van der Waals surface area contributed by atoms with Crippen molar-refractivity contribution in [3.63, 3.8) is 0 Å². The third-order valence-electron chi connectivity index (χ3n) is 3.56. The smallest absolute Gasteiger partial charge is 0.122 e. The molecule has 1 rings (SSSR count). The highest BCUT2D eigenvalue weighted by molar-refractivity contribution is 5.35. The second-order valence-electron chi connectivity index (χ2n) is 5.74. The van der Waals surface area contributed by atoms with Crippen LogP contribution in [0, 0.1) is 19.3 Å². The van der Waals surface area contributed by atoms with E-state index in [1.165, 1.54) is 24.0 Å². The summed E-state index contributed by atoms with van der Waals surface area (Å²) in [5.74, 6) is 1.04. The second kappa shape index (κ2) is 6.09. The van der Waals surface area contributed by atoms with Gasteiger partial charge in [0, 0.05) is 0 Å². The first-order chi connectivity index (χ1) is 7.94. The molecule has 0 aliphatic carbocycles. The van der Waals surface area contributed by atoms with Crippen molar-refractivity contribution >= 4 is 0 Å². The lowest BCUT2D eigenvalue weighted by Gasteiger charge is -2.22. The zero-order valence-electron chi connectivity index (χ0n) is 12.0. The molecule has 0 aliphatic heterocycles. The quantitative estimate of drug-likeness (QED) is 0.636. The molecule has 17 heavy (non-hydrogen) atoms. The van der Waals surface area contributed by atoms with Crippen LogP contribution in [0.2, 0.25) is 0 Å². The van der Waals surface area contributed by atoms with E-state index in [0.717, 1.165) is 18.8 Å². The molecule has 1 heteroatoms. The summed E-state index contributed by atoms with van der Waals surface area (Å²) in [4.78, 5) is 0. The van der Waals surface area contributed by atoms with Gasteiger partial charge in [-0.1, -0.05) is 39.3 Å². The van der Waals surface area contributed by atoms with Crippen LogP contribution in [0.5, 0.6) is 5.75 Å². The fourth-order valence-corrected chi connectivity index (χ4v) is 1.77. The first-order valence-electron chi connectivity index (χ1n) is 6.65. The first kappa shape index (κ1) is 14.1. The first-order valence-corrected chi connectivity index (χ1v) is 6.65. The van der Waals surface area contributed by atoms with Gasteiger partial charge < -0.3 is 4.74 Å². The van der Waals surface area contributed by atoms with E-state index in [2.05, 4.69) is 52.8 Å². The summed E-state index contributed by atoms with van der Waals surface area (Å²) in [5.41, 5.74) is 2.94. The van der Waals surface area contributed by atoms with Crippen LogP contribution in [0.4, 0.5) is 0 Å². The molecule has 0 bridgehead atoms. The van der Waals surface area contributed by atoms with Crippen LogP contribution in [0.25, 0.3) is 0 Å². The van der Waals surface area contributed by atoms with Crippen molar-refractivity contribution in [3.05, 3.63) is 29.3 Å². The van der Waals surface area contributed by atoms with Crippen molar-refractivity contribution in [2.24, 2.45) is 5.41 Å². The standard InChI is InChI=1S/C16H26O/c1-6-16(4,5)10-7-11-17-15-12-13(2)8-9-14(15)3/h8-9,12H,6-7,10-11H2,1-5H3. The summed E-state index contributed by atoms with van der Waals surface area (Å²) in [7, 11) is 0. The normalized spacial score (nSPS) is 11.6. The van der Waals surface area contributed by atoms with E-state index in [4.69, 9.17) is 4.74 Å². The molecule has 0 radical (unpaired) electrons. The summed E-state index contributed by atoms with van der Waals surface area (Å²) in [6, 6.07) is 6.38. The fourth-order valence-electron chi connectivity index (χ4n) is 1.77. The van der Waals surface area contributed by atoms with E-state index < -0.39 is 0 Å². The van der Waals surface area contributed by atoms with Gasteiger partial charge in [-0.25, -0.2) is 0 Å². The number of aryl methyl sites for hydroxylation is 2. The Kier molecular flexibility index (Phi) is 5.04. The van der Waals surface area contributed by atoms with E-state index >= 15 is 0 Å². The number of hydrogen-bond donors (Lipinski definition) is 0. The molecule has 0 unspecified atom stereocenters. The Labute approximate surface area is 106 Å². The van der Waals surface area contributed by atoms with E-state index in [1.807, 2.05) is 0 Å². The van der Waals surface area contributed by atoms with Crippen molar-refractivity contribution < 1.29 is 4.74 Å². The average molecular weight is 234 g/mol. The maximum Gasteiger partial charge on any atom is 0.122 e. The molecule has 1 nitrogen and oxygen atoms in total. The van der Waals surface area contributed by atoms with Gasteiger partial charge in [0.15, 0.2) is 0 Å². The van der Waals surface area contributed by atoms with Gasteiger partial charge in [-0.2, -0.15) is 0 Å². The lowest BCUT2D eigenvalue weighted by molar-refractivity contribution is 0.250. The molecule has 0 spiro atoms.